The van der Waals surface area contributed by atoms with E-state index in [4.69, 9.17) is 21.1 Å². The molecule has 3 rings (SSSR count). The zero-order valence-electron chi connectivity index (χ0n) is 21.8. The quantitative estimate of drug-likeness (QED) is 0.311. The number of ether oxygens (including phenoxy) is 2. The van der Waals surface area contributed by atoms with Crippen LogP contribution >= 0.6 is 11.6 Å². The van der Waals surface area contributed by atoms with Gasteiger partial charge in [0.05, 0.1) is 25.2 Å². The van der Waals surface area contributed by atoms with Crippen LogP contribution in [0.1, 0.15) is 31.9 Å². The minimum atomic E-state index is -3.96. The number of hydrogen-bond donors (Lipinski definition) is 2. The van der Waals surface area contributed by atoms with Gasteiger partial charge in [0.2, 0.25) is 20.0 Å². The van der Waals surface area contributed by atoms with Crippen molar-refractivity contribution in [3.63, 3.8) is 0 Å². The molecule has 0 unspecified atom stereocenters. The van der Waals surface area contributed by atoms with Crippen molar-refractivity contribution >= 4 is 37.3 Å². The molecule has 0 aliphatic heterocycles. The van der Waals surface area contributed by atoms with Crippen LogP contribution in [0.25, 0.3) is 0 Å². The monoisotopic (exact) mass is 580 g/mol. The van der Waals surface area contributed by atoms with Crippen LogP contribution in [0.2, 0.25) is 5.02 Å². The van der Waals surface area contributed by atoms with Crippen LogP contribution in [0.3, 0.4) is 0 Å². The van der Waals surface area contributed by atoms with Gasteiger partial charge in [-0.3, -0.25) is 4.72 Å². The summed E-state index contributed by atoms with van der Waals surface area (Å²) in [5.41, 5.74) is 0.894. The Hall–Kier alpha value is -2.79. The summed E-state index contributed by atoms with van der Waals surface area (Å²) < 4.78 is 68.0. The fourth-order valence-electron chi connectivity index (χ4n) is 3.76. The van der Waals surface area contributed by atoms with E-state index < -0.39 is 25.6 Å². The van der Waals surface area contributed by atoms with E-state index in [2.05, 4.69) is 9.44 Å². The highest BCUT2D eigenvalue weighted by Gasteiger charge is 2.26. The van der Waals surface area contributed by atoms with Gasteiger partial charge in [-0.1, -0.05) is 48.0 Å². The Morgan fingerprint density at radius 1 is 0.842 bits per heavy atom. The normalized spacial score (nSPS) is 12.2. The summed E-state index contributed by atoms with van der Waals surface area (Å²) in [5, 5.41) is 0.465. The van der Waals surface area contributed by atoms with E-state index in [1.807, 2.05) is 24.3 Å². The first-order chi connectivity index (χ1) is 17.8. The van der Waals surface area contributed by atoms with E-state index in [0.717, 1.165) is 11.3 Å². The summed E-state index contributed by atoms with van der Waals surface area (Å²) in [6.07, 6.45) is 0.718. The number of hydrogen-bond acceptors (Lipinski definition) is 6. The van der Waals surface area contributed by atoms with Gasteiger partial charge in [0, 0.05) is 17.0 Å². The fraction of sp³-hybridized carbons (Fsp3) is 0.333. The van der Waals surface area contributed by atoms with Crippen molar-refractivity contribution in [2.45, 2.75) is 44.0 Å². The van der Waals surface area contributed by atoms with Gasteiger partial charge in [-0.05, 0) is 68.7 Å². The number of anilines is 1. The lowest BCUT2D eigenvalue weighted by Gasteiger charge is -2.21. The molecular formula is C27H33ClN2O6S2. The lowest BCUT2D eigenvalue weighted by atomic mass is 10.1. The molecule has 0 amide bonds. The maximum Gasteiger partial charge on any atom is 0.243 e. The van der Waals surface area contributed by atoms with E-state index in [1.165, 1.54) is 18.2 Å². The van der Waals surface area contributed by atoms with Crippen molar-refractivity contribution < 1.29 is 26.3 Å². The molecule has 0 spiro atoms. The SMILES string of the molecule is COc1ccccc1CCOc1cc(Cl)ccc1CCS(=O)(=O)Nc1ccccc1S(=O)(=O)NC(C)(C)C. The first-order valence-electron chi connectivity index (χ1n) is 12.0. The molecule has 0 radical (unpaired) electrons. The zero-order chi connectivity index (χ0) is 28.0. The van der Waals surface area contributed by atoms with Crippen molar-refractivity contribution in [3.05, 3.63) is 82.9 Å². The smallest absolute Gasteiger partial charge is 0.243 e. The third-order valence-corrected chi connectivity index (χ3v) is 8.70. The molecule has 0 saturated carbocycles. The number of methoxy groups -OCH3 is 1. The molecule has 0 bridgehead atoms. The Balaban J connectivity index is 1.71. The first kappa shape index (κ1) is 29.8. The highest BCUT2D eigenvalue weighted by Crippen LogP contribution is 2.27. The summed E-state index contributed by atoms with van der Waals surface area (Å²) in [6, 6.07) is 18.6. The Morgan fingerprint density at radius 3 is 2.21 bits per heavy atom. The first-order valence-corrected chi connectivity index (χ1v) is 15.5. The Bertz CT molecular complexity index is 1470. The predicted molar refractivity (Wildman–Crippen MR) is 151 cm³/mol. The third-order valence-electron chi connectivity index (χ3n) is 5.37. The molecule has 0 fully saturated rings. The van der Waals surface area contributed by atoms with Crippen molar-refractivity contribution in [1.29, 1.82) is 0 Å². The molecule has 0 heterocycles. The van der Waals surface area contributed by atoms with E-state index in [1.54, 1.807) is 52.1 Å². The van der Waals surface area contributed by atoms with Crippen LogP contribution in [0.5, 0.6) is 11.5 Å². The second-order valence-electron chi connectivity index (χ2n) is 9.68. The van der Waals surface area contributed by atoms with Gasteiger partial charge >= 0.3 is 0 Å². The minimum absolute atomic E-state index is 0.0198. The molecule has 0 aliphatic carbocycles. The van der Waals surface area contributed by atoms with Gasteiger partial charge in [0.25, 0.3) is 0 Å². The zero-order valence-corrected chi connectivity index (χ0v) is 24.2. The van der Waals surface area contributed by atoms with Gasteiger partial charge < -0.3 is 9.47 Å². The standard InChI is InChI=1S/C27H33ClN2O6S2/c1-27(2,3)30-38(33,34)26-12-8-6-10-23(26)29-37(31,32)18-16-21-13-14-22(28)19-25(21)36-17-15-20-9-5-7-11-24(20)35-4/h5-14,19,29-30H,15-18H2,1-4H3. The van der Waals surface area contributed by atoms with Gasteiger partial charge in [-0.25, -0.2) is 21.6 Å². The second-order valence-corrected chi connectivity index (χ2v) is 13.6. The number of benzene rings is 3. The molecule has 0 aliphatic rings. The van der Waals surface area contributed by atoms with E-state index >= 15 is 0 Å². The topological polar surface area (TPSA) is 111 Å². The Kier molecular flexibility index (Phi) is 9.69. The highest BCUT2D eigenvalue weighted by atomic mass is 35.5. The van der Waals surface area contributed by atoms with Gasteiger partial charge in [-0.2, -0.15) is 0 Å². The minimum Gasteiger partial charge on any atom is -0.496 e. The lowest BCUT2D eigenvalue weighted by molar-refractivity contribution is 0.315. The molecule has 0 aromatic heterocycles. The number of nitrogens with one attached hydrogen (secondary N) is 2. The molecule has 2 N–H and O–H groups in total. The Morgan fingerprint density at radius 2 is 1.50 bits per heavy atom. The molecule has 38 heavy (non-hydrogen) atoms. The van der Waals surface area contributed by atoms with Crippen LogP contribution in [-0.2, 0) is 32.9 Å². The predicted octanol–water partition coefficient (Wildman–Crippen LogP) is 5.03. The Labute approximate surface area is 230 Å². The number of sulfonamides is 2. The summed E-state index contributed by atoms with van der Waals surface area (Å²) in [7, 11) is -6.26. The highest BCUT2D eigenvalue weighted by molar-refractivity contribution is 7.93. The van der Waals surface area contributed by atoms with E-state index in [9.17, 15) is 16.8 Å². The summed E-state index contributed by atoms with van der Waals surface area (Å²) in [6.45, 7) is 5.46. The van der Waals surface area contributed by atoms with Gasteiger partial charge in [-0.15, -0.1) is 0 Å². The molecule has 0 saturated heterocycles. The number of rotatable bonds is 12. The van der Waals surface area contributed by atoms with Crippen LogP contribution < -0.4 is 18.9 Å². The van der Waals surface area contributed by atoms with Crippen molar-refractivity contribution in [2.24, 2.45) is 0 Å². The molecule has 3 aromatic carbocycles. The molecule has 8 nitrogen and oxygen atoms in total. The fourth-order valence-corrected chi connectivity index (χ4v) is 6.67. The maximum atomic E-state index is 13.0. The molecule has 0 atom stereocenters. The lowest BCUT2D eigenvalue weighted by Crippen LogP contribution is -2.40. The summed E-state index contributed by atoms with van der Waals surface area (Å²) in [4.78, 5) is -0.148. The third kappa shape index (κ3) is 8.62. The van der Waals surface area contributed by atoms with Crippen LogP contribution in [0.4, 0.5) is 5.69 Å². The van der Waals surface area contributed by atoms with Gasteiger partial charge in [0.15, 0.2) is 0 Å². The second kappa shape index (κ2) is 12.4. The van der Waals surface area contributed by atoms with Crippen LogP contribution in [0.15, 0.2) is 71.6 Å². The molecule has 3 aromatic rings. The average Bonchev–Trinajstić information content (AvgIpc) is 2.82. The van der Waals surface area contributed by atoms with Crippen LogP contribution in [-0.4, -0.2) is 41.8 Å². The number of aryl methyl sites for hydroxylation is 1. The van der Waals surface area contributed by atoms with Crippen molar-refractivity contribution in [2.75, 3.05) is 24.2 Å². The maximum absolute atomic E-state index is 13.0. The summed E-state index contributed by atoms with van der Waals surface area (Å²) in [5.74, 6) is 0.956. The molecular weight excluding hydrogens is 548 g/mol. The number of halogens is 1. The van der Waals surface area contributed by atoms with E-state index in [0.29, 0.717) is 29.4 Å². The van der Waals surface area contributed by atoms with Crippen molar-refractivity contribution in [1.82, 2.24) is 4.72 Å². The van der Waals surface area contributed by atoms with Gasteiger partial charge in [0.1, 0.15) is 16.4 Å². The van der Waals surface area contributed by atoms with Crippen molar-refractivity contribution in [3.8, 4) is 11.5 Å². The molecule has 11 heteroatoms. The molecule has 206 valence electrons. The summed E-state index contributed by atoms with van der Waals surface area (Å²) >= 11 is 6.17. The largest absolute Gasteiger partial charge is 0.496 e. The van der Waals surface area contributed by atoms with E-state index in [-0.39, 0.29) is 22.8 Å². The average molecular weight is 581 g/mol. The van der Waals surface area contributed by atoms with Crippen LogP contribution in [0, 0.1) is 0 Å². The number of para-hydroxylation sites is 2.